The Kier molecular flexibility index (Phi) is 5.74. The van der Waals surface area contributed by atoms with Crippen molar-refractivity contribution in [2.75, 3.05) is 44.7 Å². The number of likely N-dealkylation sites (tertiary alicyclic amines) is 1. The molecule has 1 aromatic rings. The number of carbonyl (C=O) groups excluding carboxylic acids is 2. The molecule has 6 heteroatoms. The maximum absolute atomic E-state index is 13.0. The van der Waals surface area contributed by atoms with Crippen molar-refractivity contribution in [2.24, 2.45) is 5.92 Å². The highest BCUT2D eigenvalue weighted by Gasteiger charge is 2.40. The summed E-state index contributed by atoms with van der Waals surface area (Å²) in [6, 6.07) is 8.43. The van der Waals surface area contributed by atoms with Crippen LogP contribution in [0.15, 0.2) is 24.3 Å². The van der Waals surface area contributed by atoms with Gasteiger partial charge in [0.15, 0.2) is 0 Å². The Bertz CT molecular complexity index is 691. The lowest BCUT2D eigenvalue weighted by atomic mass is 9.94. The number of hydrogen-bond acceptors (Lipinski definition) is 4. The Morgan fingerprint density at radius 2 is 1.68 bits per heavy atom. The van der Waals surface area contributed by atoms with Gasteiger partial charge in [0.2, 0.25) is 11.8 Å². The number of amides is 2. The summed E-state index contributed by atoms with van der Waals surface area (Å²) in [5.41, 5.74) is 1.16. The third-order valence-corrected chi connectivity index (χ3v) is 6.55. The fourth-order valence-corrected chi connectivity index (χ4v) is 4.88. The molecule has 0 bridgehead atoms. The van der Waals surface area contributed by atoms with E-state index in [9.17, 15) is 9.59 Å². The van der Waals surface area contributed by atoms with E-state index in [1.54, 1.807) is 7.11 Å². The number of piperazine rings is 1. The molecule has 1 unspecified atom stereocenters. The molecule has 2 heterocycles. The monoisotopic (exact) mass is 385 g/mol. The summed E-state index contributed by atoms with van der Waals surface area (Å²) in [5, 5.41) is 0. The molecule has 1 atom stereocenters. The first-order valence-electron chi connectivity index (χ1n) is 10.6. The summed E-state index contributed by atoms with van der Waals surface area (Å²) in [7, 11) is 1.67. The first-order chi connectivity index (χ1) is 13.7. The van der Waals surface area contributed by atoms with E-state index in [0.717, 1.165) is 50.5 Å². The zero-order valence-electron chi connectivity index (χ0n) is 16.8. The summed E-state index contributed by atoms with van der Waals surface area (Å²) in [4.78, 5) is 31.8. The van der Waals surface area contributed by atoms with Gasteiger partial charge in [-0.05, 0) is 37.1 Å². The fraction of sp³-hybridized carbons (Fsp3) is 0.636. The Hall–Kier alpha value is -2.24. The Morgan fingerprint density at radius 3 is 2.32 bits per heavy atom. The van der Waals surface area contributed by atoms with Crippen LogP contribution >= 0.6 is 0 Å². The predicted molar refractivity (Wildman–Crippen MR) is 108 cm³/mol. The van der Waals surface area contributed by atoms with Crippen LogP contribution in [0, 0.1) is 5.92 Å². The minimum absolute atomic E-state index is 0.151. The van der Waals surface area contributed by atoms with Crippen LogP contribution in [-0.4, -0.2) is 67.5 Å². The number of nitrogens with zero attached hydrogens (tertiary/aromatic N) is 3. The van der Waals surface area contributed by atoms with Gasteiger partial charge in [0.25, 0.3) is 0 Å². The van der Waals surface area contributed by atoms with E-state index in [4.69, 9.17) is 4.74 Å². The number of ether oxygens (including phenoxy) is 1. The van der Waals surface area contributed by atoms with Gasteiger partial charge in [-0.25, -0.2) is 0 Å². The highest BCUT2D eigenvalue weighted by molar-refractivity contribution is 5.89. The maximum atomic E-state index is 13.0. The van der Waals surface area contributed by atoms with Gasteiger partial charge in [0.1, 0.15) is 5.75 Å². The van der Waals surface area contributed by atoms with Crippen molar-refractivity contribution in [1.29, 1.82) is 0 Å². The number of carbonyl (C=O) groups is 2. The van der Waals surface area contributed by atoms with Gasteiger partial charge in [-0.15, -0.1) is 0 Å². The van der Waals surface area contributed by atoms with Gasteiger partial charge < -0.3 is 19.4 Å². The average Bonchev–Trinajstić information content (AvgIpc) is 3.15. The van der Waals surface area contributed by atoms with E-state index in [1.807, 2.05) is 21.9 Å². The summed E-state index contributed by atoms with van der Waals surface area (Å²) in [6.45, 7) is 3.72. The van der Waals surface area contributed by atoms with Crippen molar-refractivity contribution >= 4 is 17.5 Å². The van der Waals surface area contributed by atoms with Crippen molar-refractivity contribution < 1.29 is 14.3 Å². The van der Waals surface area contributed by atoms with E-state index < -0.39 is 0 Å². The molecule has 0 aromatic heterocycles. The maximum Gasteiger partial charge on any atom is 0.228 e. The van der Waals surface area contributed by atoms with Gasteiger partial charge in [-0.3, -0.25) is 9.59 Å². The van der Waals surface area contributed by atoms with Gasteiger partial charge in [-0.2, -0.15) is 0 Å². The summed E-state index contributed by atoms with van der Waals surface area (Å²) < 4.78 is 5.22. The zero-order chi connectivity index (χ0) is 19.5. The van der Waals surface area contributed by atoms with Crippen molar-refractivity contribution in [3.05, 3.63) is 24.3 Å². The molecule has 3 aliphatic rings. The second-order valence-corrected chi connectivity index (χ2v) is 8.25. The first-order valence-corrected chi connectivity index (χ1v) is 10.6. The summed E-state index contributed by atoms with van der Waals surface area (Å²) in [6.07, 6.45) is 6.30. The van der Waals surface area contributed by atoms with Crippen LogP contribution in [0.4, 0.5) is 5.69 Å². The lowest BCUT2D eigenvalue weighted by Crippen LogP contribution is -2.50. The molecule has 2 saturated heterocycles. The lowest BCUT2D eigenvalue weighted by molar-refractivity contribution is -0.136. The highest BCUT2D eigenvalue weighted by Crippen LogP contribution is 2.30. The summed E-state index contributed by atoms with van der Waals surface area (Å²) in [5.74, 6) is 1.05. The lowest BCUT2D eigenvalue weighted by Gasteiger charge is -2.37. The van der Waals surface area contributed by atoms with E-state index >= 15 is 0 Å². The van der Waals surface area contributed by atoms with Crippen molar-refractivity contribution in [3.8, 4) is 5.75 Å². The van der Waals surface area contributed by atoms with Gasteiger partial charge >= 0.3 is 0 Å². The van der Waals surface area contributed by atoms with Crippen molar-refractivity contribution in [3.63, 3.8) is 0 Å². The largest absolute Gasteiger partial charge is 0.497 e. The van der Waals surface area contributed by atoms with Crippen LogP contribution in [0.3, 0.4) is 0 Å². The predicted octanol–water partition coefficient (Wildman–Crippen LogP) is 2.52. The Balaban J connectivity index is 1.30. The zero-order valence-corrected chi connectivity index (χ0v) is 16.8. The highest BCUT2D eigenvalue weighted by atomic mass is 16.5. The van der Waals surface area contributed by atoms with Crippen LogP contribution in [0.2, 0.25) is 0 Å². The van der Waals surface area contributed by atoms with Crippen molar-refractivity contribution in [2.45, 2.75) is 44.6 Å². The van der Waals surface area contributed by atoms with Crippen LogP contribution in [0.25, 0.3) is 0 Å². The molecular weight excluding hydrogens is 354 g/mol. The fourth-order valence-electron chi connectivity index (χ4n) is 4.88. The number of methoxy groups -OCH3 is 1. The molecule has 152 valence electrons. The normalized spacial score (nSPS) is 24.0. The minimum atomic E-state index is -0.151. The van der Waals surface area contributed by atoms with Crippen LogP contribution in [0.5, 0.6) is 5.75 Å². The average molecular weight is 386 g/mol. The molecule has 3 fully saturated rings. The van der Waals surface area contributed by atoms with Gasteiger partial charge in [-0.1, -0.05) is 19.3 Å². The molecule has 2 aliphatic heterocycles. The number of benzene rings is 1. The molecule has 6 nitrogen and oxygen atoms in total. The van der Waals surface area contributed by atoms with Crippen LogP contribution in [-0.2, 0) is 9.59 Å². The third-order valence-electron chi connectivity index (χ3n) is 6.55. The topological polar surface area (TPSA) is 53.1 Å². The SMILES string of the molecule is COc1ccc(N2CCN(C(=O)C3CC(=O)N(C4CCCCC4)C3)CC2)cc1. The summed E-state index contributed by atoms with van der Waals surface area (Å²) >= 11 is 0. The molecule has 28 heavy (non-hydrogen) atoms. The van der Waals surface area contributed by atoms with E-state index in [0.29, 0.717) is 19.0 Å². The van der Waals surface area contributed by atoms with Crippen molar-refractivity contribution in [1.82, 2.24) is 9.80 Å². The molecule has 4 rings (SSSR count). The van der Waals surface area contributed by atoms with E-state index in [1.165, 1.54) is 19.3 Å². The third kappa shape index (κ3) is 3.96. The minimum Gasteiger partial charge on any atom is -0.497 e. The van der Waals surface area contributed by atoms with Crippen LogP contribution in [0.1, 0.15) is 38.5 Å². The molecular formula is C22H31N3O3. The number of rotatable bonds is 4. The second kappa shape index (κ2) is 8.41. The molecule has 1 saturated carbocycles. The molecule has 0 N–H and O–H groups in total. The Labute approximate surface area is 167 Å². The van der Waals surface area contributed by atoms with E-state index in [-0.39, 0.29) is 17.7 Å². The molecule has 0 spiro atoms. The number of anilines is 1. The number of hydrogen-bond donors (Lipinski definition) is 0. The van der Waals surface area contributed by atoms with E-state index in [2.05, 4.69) is 17.0 Å². The quantitative estimate of drug-likeness (QED) is 0.799. The molecule has 0 radical (unpaired) electrons. The molecule has 1 aliphatic carbocycles. The van der Waals surface area contributed by atoms with Gasteiger partial charge in [0.05, 0.1) is 13.0 Å². The van der Waals surface area contributed by atoms with Crippen LogP contribution < -0.4 is 9.64 Å². The first kappa shape index (κ1) is 19.1. The Morgan fingerprint density at radius 1 is 1.00 bits per heavy atom. The second-order valence-electron chi connectivity index (χ2n) is 8.25. The molecule has 2 amide bonds. The molecule has 1 aromatic carbocycles. The van der Waals surface area contributed by atoms with Gasteiger partial charge in [0, 0.05) is 50.9 Å². The standard InChI is InChI=1S/C22H31N3O3/c1-28-20-9-7-18(8-10-20)23-11-13-24(14-12-23)22(27)17-15-21(26)25(16-17)19-5-3-2-4-6-19/h7-10,17,19H,2-6,11-16H2,1H3. The smallest absolute Gasteiger partial charge is 0.228 e.